The van der Waals surface area contributed by atoms with Gasteiger partial charge in [0.15, 0.2) is 0 Å². The number of amides is 1. The fourth-order valence-corrected chi connectivity index (χ4v) is 3.63. The highest BCUT2D eigenvalue weighted by atomic mass is 16.5. The number of benzene rings is 2. The molecule has 4 rings (SSSR count). The van der Waals surface area contributed by atoms with Crippen LogP contribution in [-0.2, 0) is 11.3 Å². The standard InChI is InChI=1S/C25H26N4O3/c1-18(32-16-19-6-3-2-4-7-19)24(29-15-23(25(26)30)28-17-29)11-13-31-21-9-10-22-20(14-21)8-5-12-27-22/h2-10,12,14-15,17-18,24H,11,13,16H2,1H3,(H2,26,30)/t18-,24+/m0/s1. The first-order valence-electron chi connectivity index (χ1n) is 10.6. The predicted molar refractivity (Wildman–Crippen MR) is 122 cm³/mol. The minimum Gasteiger partial charge on any atom is -0.493 e. The molecule has 0 spiro atoms. The van der Waals surface area contributed by atoms with Crippen molar-refractivity contribution in [2.24, 2.45) is 5.73 Å². The molecule has 0 aliphatic heterocycles. The highest BCUT2D eigenvalue weighted by molar-refractivity contribution is 5.90. The van der Waals surface area contributed by atoms with E-state index in [0.29, 0.717) is 19.6 Å². The number of fused-ring (bicyclic) bond motifs is 1. The molecule has 32 heavy (non-hydrogen) atoms. The SMILES string of the molecule is C[C@H](OCc1ccccc1)[C@@H](CCOc1ccc2ncccc2c1)n1cnc(C(N)=O)c1. The number of rotatable bonds is 10. The van der Waals surface area contributed by atoms with Crippen LogP contribution in [0.15, 0.2) is 79.4 Å². The van der Waals surface area contributed by atoms with Crippen molar-refractivity contribution in [2.75, 3.05) is 6.61 Å². The number of ether oxygens (including phenoxy) is 2. The number of aromatic nitrogens is 3. The number of hydrogen-bond donors (Lipinski definition) is 1. The van der Waals surface area contributed by atoms with Gasteiger partial charge in [-0.2, -0.15) is 0 Å². The monoisotopic (exact) mass is 430 g/mol. The summed E-state index contributed by atoms with van der Waals surface area (Å²) in [5.41, 5.74) is 7.64. The quantitative estimate of drug-likeness (QED) is 0.408. The van der Waals surface area contributed by atoms with E-state index in [-0.39, 0.29) is 17.8 Å². The van der Waals surface area contributed by atoms with Gasteiger partial charge in [0.05, 0.1) is 37.2 Å². The lowest BCUT2D eigenvalue weighted by Crippen LogP contribution is -2.25. The Morgan fingerprint density at radius 1 is 1.09 bits per heavy atom. The van der Waals surface area contributed by atoms with Gasteiger partial charge in [0.25, 0.3) is 5.91 Å². The number of primary amides is 1. The highest BCUT2D eigenvalue weighted by Crippen LogP contribution is 2.23. The van der Waals surface area contributed by atoms with Crippen molar-refractivity contribution in [2.45, 2.75) is 32.1 Å². The summed E-state index contributed by atoms with van der Waals surface area (Å²) >= 11 is 0. The molecule has 2 aromatic carbocycles. The minimum atomic E-state index is -0.554. The van der Waals surface area contributed by atoms with Gasteiger partial charge in [-0.15, -0.1) is 0 Å². The number of carbonyl (C=O) groups excluding carboxylic acids is 1. The minimum absolute atomic E-state index is 0.0820. The van der Waals surface area contributed by atoms with Crippen molar-refractivity contribution < 1.29 is 14.3 Å². The topological polar surface area (TPSA) is 92.3 Å². The Labute approximate surface area is 186 Å². The van der Waals surface area contributed by atoms with Crippen LogP contribution in [0, 0.1) is 0 Å². The lowest BCUT2D eigenvalue weighted by Gasteiger charge is -2.26. The molecule has 2 atom stereocenters. The van der Waals surface area contributed by atoms with Gasteiger partial charge < -0.3 is 19.8 Å². The van der Waals surface area contributed by atoms with Gasteiger partial charge in [0, 0.05) is 24.2 Å². The molecule has 2 heterocycles. The van der Waals surface area contributed by atoms with E-state index in [2.05, 4.69) is 9.97 Å². The van der Waals surface area contributed by atoms with E-state index in [1.165, 1.54) is 0 Å². The van der Waals surface area contributed by atoms with Gasteiger partial charge in [-0.05, 0) is 36.8 Å². The largest absolute Gasteiger partial charge is 0.493 e. The molecule has 0 bridgehead atoms. The van der Waals surface area contributed by atoms with E-state index in [9.17, 15) is 4.79 Å². The maximum Gasteiger partial charge on any atom is 0.268 e. The number of pyridine rings is 1. The Hall–Kier alpha value is -3.71. The summed E-state index contributed by atoms with van der Waals surface area (Å²) in [6.45, 7) is 2.98. The first-order valence-corrected chi connectivity index (χ1v) is 10.6. The summed E-state index contributed by atoms with van der Waals surface area (Å²) in [4.78, 5) is 20.0. The van der Waals surface area contributed by atoms with Gasteiger partial charge >= 0.3 is 0 Å². The van der Waals surface area contributed by atoms with E-state index < -0.39 is 5.91 Å². The highest BCUT2D eigenvalue weighted by Gasteiger charge is 2.21. The van der Waals surface area contributed by atoms with E-state index >= 15 is 0 Å². The van der Waals surface area contributed by atoms with Gasteiger partial charge in [-0.25, -0.2) is 4.98 Å². The third-order valence-electron chi connectivity index (χ3n) is 5.39. The third kappa shape index (κ3) is 5.31. The summed E-state index contributed by atoms with van der Waals surface area (Å²) in [7, 11) is 0. The molecule has 0 aliphatic rings. The van der Waals surface area contributed by atoms with Crippen molar-refractivity contribution in [1.82, 2.24) is 14.5 Å². The van der Waals surface area contributed by atoms with Gasteiger partial charge in [-0.3, -0.25) is 9.78 Å². The first-order chi connectivity index (χ1) is 15.6. The number of hydrogen-bond acceptors (Lipinski definition) is 5. The average molecular weight is 431 g/mol. The summed E-state index contributed by atoms with van der Waals surface area (Å²) in [5.74, 6) is 0.229. The molecule has 0 aliphatic carbocycles. The summed E-state index contributed by atoms with van der Waals surface area (Å²) in [6, 6.07) is 19.7. The molecule has 1 amide bonds. The Morgan fingerprint density at radius 2 is 1.94 bits per heavy atom. The second-order valence-corrected chi connectivity index (χ2v) is 7.63. The molecule has 0 unspecified atom stereocenters. The predicted octanol–water partition coefficient (Wildman–Crippen LogP) is 4.15. The first kappa shape index (κ1) is 21.5. The van der Waals surface area contributed by atoms with Crippen LogP contribution >= 0.6 is 0 Å². The Kier molecular flexibility index (Phi) is 6.77. The summed E-state index contributed by atoms with van der Waals surface area (Å²) < 4.78 is 14.0. The zero-order valence-corrected chi connectivity index (χ0v) is 17.9. The number of imidazole rings is 1. The van der Waals surface area contributed by atoms with Crippen LogP contribution in [0.1, 0.15) is 35.4 Å². The van der Waals surface area contributed by atoms with Crippen molar-refractivity contribution in [1.29, 1.82) is 0 Å². The summed E-state index contributed by atoms with van der Waals surface area (Å²) in [6.07, 6.45) is 5.58. The van der Waals surface area contributed by atoms with Gasteiger partial charge in [0.1, 0.15) is 11.4 Å². The second kappa shape index (κ2) is 10.1. The van der Waals surface area contributed by atoms with E-state index in [4.69, 9.17) is 15.2 Å². The van der Waals surface area contributed by atoms with Crippen molar-refractivity contribution in [3.63, 3.8) is 0 Å². The van der Waals surface area contributed by atoms with Crippen molar-refractivity contribution >= 4 is 16.8 Å². The Bertz CT molecular complexity index is 1180. The lowest BCUT2D eigenvalue weighted by molar-refractivity contribution is 0.0113. The lowest BCUT2D eigenvalue weighted by atomic mass is 10.1. The maximum atomic E-state index is 11.5. The molecule has 164 valence electrons. The van der Waals surface area contributed by atoms with Gasteiger partial charge in [-0.1, -0.05) is 36.4 Å². The number of nitrogens with zero attached hydrogens (tertiary/aromatic N) is 3. The molecule has 2 N–H and O–H groups in total. The normalized spacial score (nSPS) is 13.0. The fraction of sp³-hybridized carbons (Fsp3) is 0.240. The second-order valence-electron chi connectivity index (χ2n) is 7.63. The van der Waals surface area contributed by atoms with E-state index in [1.54, 1.807) is 18.7 Å². The van der Waals surface area contributed by atoms with Gasteiger partial charge in [0.2, 0.25) is 0 Å². The molecule has 0 fully saturated rings. The van der Waals surface area contributed by atoms with Crippen LogP contribution in [0.4, 0.5) is 0 Å². The smallest absolute Gasteiger partial charge is 0.268 e. The zero-order valence-electron chi connectivity index (χ0n) is 17.9. The molecule has 7 heteroatoms. The molecule has 4 aromatic rings. The molecule has 0 saturated heterocycles. The molecule has 2 aromatic heterocycles. The van der Waals surface area contributed by atoms with Crippen molar-refractivity contribution in [3.05, 3.63) is 90.6 Å². The molecule has 0 saturated carbocycles. The average Bonchev–Trinajstić information content (AvgIpc) is 3.31. The molecule has 7 nitrogen and oxygen atoms in total. The van der Waals surface area contributed by atoms with Crippen LogP contribution in [-0.4, -0.2) is 33.2 Å². The molecular weight excluding hydrogens is 404 g/mol. The molecule has 0 radical (unpaired) electrons. The van der Waals surface area contributed by atoms with Crippen LogP contribution < -0.4 is 10.5 Å². The van der Waals surface area contributed by atoms with E-state index in [1.807, 2.05) is 72.2 Å². The van der Waals surface area contributed by atoms with Crippen molar-refractivity contribution in [3.8, 4) is 5.75 Å². The Balaban J connectivity index is 1.44. The van der Waals surface area contributed by atoms with Crippen LogP contribution in [0.2, 0.25) is 0 Å². The number of carbonyl (C=O) groups is 1. The third-order valence-corrected chi connectivity index (χ3v) is 5.39. The summed E-state index contributed by atoms with van der Waals surface area (Å²) in [5, 5.41) is 1.03. The van der Waals surface area contributed by atoms with Crippen LogP contribution in [0.25, 0.3) is 10.9 Å². The Morgan fingerprint density at radius 3 is 2.72 bits per heavy atom. The number of nitrogens with two attached hydrogens (primary N) is 1. The van der Waals surface area contributed by atoms with Crippen LogP contribution in [0.3, 0.4) is 0 Å². The fourth-order valence-electron chi connectivity index (χ4n) is 3.63. The van der Waals surface area contributed by atoms with E-state index in [0.717, 1.165) is 22.2 Å². The molecular formula is C25H26N4O3. The maximum absolute atomic E-state index is 11.5. The zero-order chi connectivity index (χ0) is 22.3. The van der Waals surface area contributed by atoms with Crippen LogP contribution in [0.5, 0.6) is 5.75 Å².